The maximum atomic E-state index is 10.5. The number of hydrogen-bond acceptors (Lipinski definition) is 6. The first-order valence-corrected chi connectivity index (χ1v) is 6.94. The van der Waals surface area contributed by atoms with E-state index >= 15 is 0 Å². The molecule has 114 valence electrons. The lowest BCUT2D eigenvalue weighted by Gasteiger charge is -2.09. The lowest BCUT2D eigenvalue weighted by Crippen LogP contribution is -2.17. The molecular weight excluding hydrogens is 274 g/mol. The molecule has 7 nitrogen and oxygen atoms in total. The largest absolute Gasteiger partial charge is 0.481 e. The molecule has 2 aromatic rings. The smallest absolute Gasteiger partial charge is 0.303 e. The maximum Gasteiger partial charge on any atom is 0.303 e. The van der Waals surface area contributed by atoms with Gasteiger partial charge >= 0.3 is 5.97 Å². The molecule has 0 aliphatic heterocycles. The molecule has 7 heteroatoms. The average Bonchev–Trinajstić information content (AvgIpc) is 3.11. The topological polar surface area (TPSA) is 101 Å². The highest BCUT2D eigenvalue weighted by Crippen LogP contribution is 2.15. The molecule has 0 bridgehead atoms. The standard InChI is InChI=1S/C14H19N3O4/c1-10(4-5-13(18)19)6-7-15-9-12-16-14(17-21-12)11-3-2-8-20-11/h2-3,8,10,15H,4-7,9H2,1H3,(H,18,19). The summed E-state index contributed by atoms with van der Waals surface area (Å²) in [4.78, 5) is 14.7. The van der Waals surface area contributed by atoms with E-state index in [2.05, 4.69) is 15.5 Å². The van der Waals surface area contributed by atoms with E-state index in [4.69, 9.17) is 14.0 Å². The van der Waals surface area contributed by atoms with Crippen molar-refractivity contribution in [3.8, 4) is 11.6 Å². The van der Waals surface area contributed by atoms with E-state index in [-0.39, 0.29) is 6.42 Å². The molecule has 0 amide bonds. The van der Waals surface area contributed by atoms with Crippen LogP contribution >= 0.6 is 0 Å². The Morgan fingerprint density at radius 1 is 1.48 bits per heavy atom. The lowest BCUT2D eigenvalue weighted by atomic mass is 10.0. The van der Waals surface area contributed by atoms with Crippen LogP contribution in [0.15, 0.2) is 27.3 Å². The van der Waals surface area contributed by atoms with Crippen molar-refractivity contribution in [1.82, 2.24) is 15.5 Å². The Labute approximate surface area is 122 Å². The third-order valence-corrected chi connectivity index (χ3v) is 3.15. The van der Waals surface area contributed by atoms with E-state index in [9.17, 15) is 4.79 Å². The summed E-state index contributed by atoms with van der Waals surface area (Å²) in [5.74, 6) is 1.14. The zero-order valence-corrected chi connectivity index (χ0v) is 11.9. The molecule has 0 aliphatic carbocycles. The number of furan rings is 1. The van der Waals surface area contributed by atoms with Crippen molar-refractivity contribution in [1.29, 1.82) is 0 Å². The predicted molar refractivity (Wildman–Crippen MR) is 74.4 cm³/mol. The Kier molecular flexibility index (Phi) is 5.51. The van der Waals surface area contributed by atoms with Crippen LogP contribution in [-0.4, -0.2) is 27.8 Å². The van der Waals surface area contributed by atoms with Crippen molar-refractivity contribution in [2.24, 2.45) is 5.92 Å². The number of carboxylic acid groups (broad SMARTS) is 1. The summed E-state index contributed by atoms with van der Waals surface area (Å²) < 4.78 is 10.3. The van der Waals surface area contributed by atoms with E-state index in [1.54, 1.807) is 18.4 Å². The van der Waals surface area contributed by atoms with E-state index in [0.717, 1.165) is 13.0 Å². The molecule has 0 spiro atoms. The zero-order chi connectivity index (χ0) is 15.1. The molecule has 2 aromatic heterocycles. The van der Waals surface area contributed by atoms with Gasteiger partial charge in [-0.3, -0.25) is 4.79 Å². The molecule has 0 radical (unpaired) electrons. The summed E-state index contributed by atoms with van der Waals surface area (Å²) in [6, 6.07) is 3.54. The third kappa shape index (κ3) is 5.03. The highest BCUT2D eigenvalue weighted by Gasteiger charge is 2.10. The van der Waals surface area contributed by atoms with E-state index in [1.807, 2.05) is 6.92 Å². The van der Waals surface area contributed by atoms with Crippen molar-refractivity contribution in [3.05, 3.63) is 24.3 Å². The summed E-state index contributed by atoms with van der Waals surface area (Å²) in [6.45, 7) is 3.31. The third-order valence-electron chi connectivity index (χ3n) is 3.15. The summed E-state index contributed by atoms with van der Waals surface area (Å²) >= 11 is 0. The zero-order valence-electron chi connectivity index (χ0n) is 11.9. The molecule has 0 saturated heterocycles. The Morgan fingerprint density at radius 2 is 2.33 bits per heavy atom. The van der Waals surface area contributed by atoms with Gasteiger partial charge in [0, 0.05) is 6.42 Å². The summed E-state index contributed by atoms with van der Waals surface area (Å²) in [5, 5.41) is 15.7. The summed E-state index contributed by atoms with van der Waals surface area (Å²) in [6.07, 6.45) is 3.38. The van der Waals surface area contributed by atoms with Gasteiger partial charge in [0.05, 0.1) is 12.8 Å². The Hall–Kier alpha value is -2.15. The lowest BCUT2D eigenvalue weighted by molar-refractivity contribution is -0.137. The molecular formula is C14H19N3O4. The molecule has 21 heavy (non-hydrogen) atoms. The van der Waals surface area contributed by atoms with E-state index < -0.39 is 5.97 Å². The van der Waals surface area contributed by atoms with Gasteiger partial charge in [0.2, 0.25) is 11.7 Å². The van der Waals surface area contributed by atoms with Crippen molar-refractivity contribution in [3.63, 3.8) is 0 Å². The van der Waals surface area contributed by atoms with Crippen molar-refractivity contribution in [2.75, 3.05) is 6.54 Å². The Bertz CT molecular complexity index is 550. The average molecular weight is 293 g/mol. The molecule has 2 rings (SSSR count). The molecule has 1 atom stereocenters. The van der Waals surface area contributed by atoms with Gasteiger partial charge in [-0.2, -0.15) is 4.98 Å². The minimum absolute atomic E-state index is 0.220. The van der Waals surface area contributed by atoms with Crippen molar-refractivity contribution in [2.45, 2.75) is 32.7 Å². The number of carbonyl (C=O) groups is 1. The summed E-state index contributed by atoms with van der Waals surface area (Å²) in [7, 11) is 0. The van der Waals surface area contributed by atoms with Gasteiger partial charge in [-0.1, -0.05) is 12.1 Å². The monoisotopic (exact) mass is 293 g/mol. The number of aliphatic carboxylic acids is 1. The molecule has 0 aromatic carbocycles. The van der Waals surface area contributed by atoms with Gasteiger partial charge in [-0.05, 0) is 37.4 Å². The van der Waals surface area contributed by atoms with Crippen molar-refractivity contribution >= 4 is 5.97 Å². The van der Waals surface area contributed by atoms with Crippen LogP contribution in [0.1, 0.15) is 32.1 Å². The molecule has 0 aliphatic rings. The van der Waals surface area contributed by atoms with Crippen LogP contribution in [-0.2, 0) is 11.3 Å². The molecule has 2 heterocycles. The van der Waals surface area contributed by atoms with Gasteiger partial charge in [-0.25, -0.2) is 0 Å². The second-order valence-corrected chi connectivity index (χ2v) is 4.99. The molecule has 0 saturated carbocycles. The SMILES string of the molecule is CC(CCNCc1nc(-c2ccco2)no1)CCC(=O)O. The first-order chi connectivity index (χ1) is 10.1. The normalized spacial score (nSPS) is 12.4. The number of rotatable bonds is 9. The number of hydrogen-bond donors (Lipinski definition) is 2. The van der Waals surface area contributed by atoms with Crippen LogP contribution in [0.2, 0.25) is 0 Å². The second kappa shape index (κ2) is 7.58. The fourth-order valence-electron chi connectivity index (χ4n) is 1.89. The van der Waals surface area contributed by atoms with Crippen LogP contribution in [0.4, 0.5) is 0 Å². The van der Waals surface area contributed by atoms with Gasteiger partial charge in [0.25, 0.3) is 0 Å². The number of carboxylic acids is 1. The molecule has 0 fully saturated rings. The second-order valence-electron chi connectivity index (χ2n) is 4.99. The van der Waals surface area contributed by atoms with Crippen LogP contribution in [0.25, 0.3) is 11.6 Å². The molecule has 1 unspecified atom stereocenters. The maximum absolute atomic E-state index is 10.5. The molecule has 2 N–H and O–H groups in total. The quantitative estimate of drug-likeness (QED) is 0.684. The number of nitrogens with one attached hydrogen (secondary N) is 1. The Balaban J connectivity index is 1.66. The fourth-order valence-corrected chi connectivity index (χ4v) is 1.89. The highest BCUT2D eigenvalue weighted by molar-refractivity contribution is 5.66. The number of nitrogens with zero attached hydrogens (tertiary/aromatic N) is 2. The van der Waals surface area contributed by atoms with E-state index in [0.29, 0.717) is 36.4 Å². The van der Waals surface area contributed by atoms with E-state index in [1.165, 1.54) is 0 Å². The van der Waals surface area contributed by atoms with Crippen LogP contribution in [0.3, 0.4) is 0 Å². The number of aromatic nitrogens is 2. The fraction of sp³-hybridized carbons (Fsp3) is 0.500. The van der Waals surface area contributed by atoms with Crippen molar-refractivity contribution < 1.29 is 18.8 Å². The predicted octanol–water partition coefficient (Wildman–Crippen LogP) is 2.31. The summed E-state index contributed by atoms with van der Waals surface area (Å²) in [5.41, 5.74) is 0. The van der Waals surface area contributed by atoms with Gasteiger partial charge in [0.15, 0.2) is 5.76 Å². The highest BCUT2D eigenvalue weighted by atomic mass is 16.5. The van der Waals surface area contributed by atoms with Crippen LogP contribution in [0, 0.1) is 5.92 Å². The minimum atomic E-state index is -0.744. The minimum Gasteiger partial charge on any atom is -0.481 e. The van der Waals surface area contributed by atoms with Gasteiger partial charge < -0.3 is 19.4 Å². The van der Waals surface area contributed by atoms with Crippen LogP contribution in [0.5, 0.6) is 0 Å². The Morgan fingerprint density at radius 3 is 3.05 bits per heavy atom. The van der Waals surface area contributed by atoms with Crippen LogP contribution < -0.4 is 5.32 Å². The van der Waals surface area contributed by atoms with Gasteiger partial charge in [0.1, 0.15) is 0 Å². The first kappa shape index (κ1) is 15.2. The first-order valence-electron chi connectivity index (χ1n) is 6.94. The van der Waals surface area contributed by atoms with Gasteiger partial charge in [-0.15, -0.1) is 0 Å².